The Morgan fingerprint density at radius 1 is 1.29 bits per heavy atom. The van der Waals surface area contributed by atoms with E-state index in [2.05, 4.69) is 19.2 Å². The second-order valence-electron chi connectivity index (χ2n) is 3.69. The Balaban J connectivity index is 2.39. The third-order valence-corrected chi connectivity index (χ3v) is 2.20. The van der Waals surface area contributed by atoms with Crippen LogP contribution in [0, 0.1) is 5.82 Å². The Labute approximate surface area is 85.3 Å². The van der Waals surface area contributed by atoms with Gasteiger partial charge < -0.3 is 5.32 Å². The zero-order chi connectivity index (χ0) is 10.4. The van der Waals surface area contributed by atoms with Gasteiger partial charge in [0.2, 0.25) is 0 Å². The lowest BCUT2D eigenvalue weighted by atomic mass is 10.1. The third-order valence-electron chi connectivity index (χ3n) is 2.20. The number of hydrogen-bond acceptors (Lipinski definition) is 1. The van der Waals surface area contributed by atoms with E-state index in [9.17, 15) is 4.39 Å². The Morgan fingerprint density at radius 2 is 1.93 bits per heavy atom. The van der Waals surface area contributed by atoms with Gasteiger partial charge >= 0.3 is 0 Å². The van der Waals surface area contributed by atoms with Crippen LogP contribution in [-0.2, 0) is 6.42 Å². The van der Waals surface area contributed by atoms with E-state index in [1.54, 1.807) is 0 Å². The average molecular weight is 195 g/mol. The highest BCUT2D eigenvalue weighted by molar-refractivity contribution is 5.16. The summed E-state index contributed by atoms with van der Waals surface area (Å²) in [4.78, 5) is 0. The maximum absolute atomic E-state index is 12.6. The molecule has 1 aromatic carbocycles. The summed E-state index contributed by atoms with van der Waals surface area (Å²) in [5.74, 6) is -0.164. The molecule has 0 unspecified atom stereocenters. The Morgan fingerprint density at radius 3 is 2.50 bits per heavy atom. The minimum Gasteiger partial charge on any atom is -0.314 e. The molecule has 1 N–H and O–H groups in total. The van der Waals surface area contributed by atoms with Crippen LogP contribution in [0.1, 0.15) is 25.8 Å². The predicted octanol–water partition coefficient (Wildman–Crippen LogP) is 2.76. The number of benzene rings is 1. The first-order valence-corrected chi connectivity index (χ1v) is 5.20. The average Bonchev–Trinajstić information content (AvgIpc) is 2.18. The highest BCUT2D eigenvalue weighted by atomic mass is 19.1. The number of halogens is 1. The second kappa shape index (κ2) is 5.76. The van der Waals surface area contributed by atoms with Crippen LogP contribution in [0.25, 0.3) is 0 Å². The van der Waals surface area contributed by atoms with Crippen molar-refractivity contribution < 1.29 is 4.39 Å². The molecule has 1 atom stereocenters. The van der Waals surface area contributed by atoms with Crippen LogP contribution >= 0.6 is 0 Å². The van der Waals surface area contributed by atoms with Crippen LogP contribution in [-0.4, -0.2) is 12.6 Å². The van der Waals surface area contributed by atoms with E-state index in [0.29, 0.717) is 6.04 Å². The molecule has 0 saturated carbocycles. The van der Waals surface area contributed by atoms with Crippen LogP contribution in [0.5, 0.6) is 0 Å². The molecule has 0 aromatic heterocycles. The minimum atomic E-state index is -0.164. The summed E-state index contributed by atoms with van der Waals surface area (Å²) in [5, 5.41) is 3.40. The number of rotatable bonds is 5. The van der Waals surface area contributed by atoms with Crippen molar-refractivity contribution in [2.24, 2.45) is 0 Å². The summed E-state index contributed by atoms with van der Waals surface area (Å²) in [6.45, 7) is 5.35. The Bertz CT molecular complexity index is 256. The van der Waals surface area contributed by atoms with E-state index in [1.807, 2.05) is 12.1 Å². The molecule has 0 saturated heterocycles. The number of nitrogens with one attached hydrogen (secondary N) is 1. The lowest BCUT2D eigenvalue weighted by molar-refractivity contribution is 0.543. The number of hydrogen-bond donors (Lipinski definition) is 1. The fraction of sp³-hybridized carbons (Fsp3) is 0.500. The van der Waals surface area contributed by atoms with Crippen molar-refractivity contribution in [1.82, 2.24) is 5.32 Å². The van der Waals surface area contributed by atoms with Gasteiger partial charge in [-0.25, -0.2) is 4.39 Å². The van der Waals surface area contributed by atoms with Crippen molar-refractivity contribution in [1.29, 1.82) is 0 Å². The quantitative estimate of drug-likeness (QED) is 0.761. The van der Waals surface area contributed by atoms with E-state index in [1.165, 1.54) is 17.7 Å². The van der Waals surface area contributed by atoms with Gasteiger partial charge in [0.15, 0.2) is 0 Å². The van der Waals surface area contributed by atoms with Gasteiger partial charge in [0, 0.05) is 6.04 Å². The standard InChI is InChI=1S/C12H18FN/c1-3-8-14-10(2)9-11-4-6-12(13)7-5-11/h4-7,10,14H,3,8-9H2,1-2H3/t10-/m1/s1. The minimum absolute atomic E-state index is 0.164. The largest absolute Gasteiger partial charge is 0.314 e. The molecule has 14 heavy (non-hydrogen) atoms. The summed E-state index contributed by atoms with van der Waals surface area (Å²) >= 11 is 0. The third kappa shape index (κ3) is 3.88. The molecule has 0 heterocycles. The first kappa shape index (κ1) is 11.2. The zero-order valence-electron chi connectivity index (χ0n) is 8.89. The van der Waals surface area contributed by atoms with Gasteiger partial charge in [-0.15, -0.1) is 0 Å². The molecule has 0 bridgehead atoms. The van der Waals surface area contributed by atoms with Gasteiger partial charge in [-0.05, 0) is 44.0 Å². The first-order valence-electron chi connectivity index (χ1n) is 5.20. The maximum Gasteiger partial charge on any atom is 0.123 e. The molecule has 0 aliphatic heterocycles. The smallest absolute Gasteiger partial charge is 0.123 e. The molecule has 1 aromatic rings. The Kier molecular flexibility index (Phi) is 4.60. The van der Waals surface area contributed by atoms with Crippen molar-refractivity contribution in [3.05, 3.63) is 35.6 Å². The summed E-state index contributed by atoms with van der Waals surface area (Å²) < 4.78 is 12.6. The summed E-state index contributed by atoms with van der Waals surface area (Å²) in [5.41, 5.74) is 1.18. The fourth-order valence-corrected chi connectivity index (χ4v) is 1.44. The van der Waals surface area contributed by atoms with Crippen LogP contribution < -0.4 is 5.32 Å². The summed E-state index contributed by atoms with van der Waals surface area (Å²) in [6, 6.07) is 7.18. The summed E-state index contributed by atoms with van der Waals surface area (Å²) in [6.07, 6.45) is 2.11. The molecule has 0 radical (unpaired) electrons. The molecular formula is C12H18FN. The van der Waals surface area contributed by atoms with E-state index < -0.39 is 0 Å². The van der Waals surface area contributed by atoms with E-state index in [0.717, 1.165) is 19.4 Å². The van der Waals surface area contributed by atoms with Gasteiger partial charge in [0.1, 0.15) is 5.82 Å². The van der Waals surface area contributed by atoms with Crippen LogP contribution in [0.15, 0.2) is 24.3 Å². The van der Waals surface area contributed by atoms with Crippen molar-refractivity contribution in [2.75, 3.05) is 6.54 Å². The highest BCUT2D eigenvalue weighted by Crippen LogP contribution is 2.05. The zero-order valence-corrected chi connectivity index (χ0v) is 8.89. The molecule has 0 spiro atoms. The SMILES string of the molecule is CCCN[C@H](C)Cc1ccc(F)cc1. The van der Waals surface area contributed by atoms with Crippen molar-refractivity contribution >= 4 is 0 Å². The molecule has 78 valence electrons. The molecule has 2 heteroatoms. The van der Waals surface area contributed by atoms with Crippen LogP contribution in [0.2, 0.25) is 0 Å². The highest BCUT2D eigenvalue weighted by Gasteiger charge is 2.01. The first-order chi connectivity index (χ1) is 6.72. The van der Waals surface area contributed by atoms with Crippen molar-refractivity contribution in [3.8, 4) is 0 Å². The molecule has 1 rings (SSSR count). The Hall–Kier alpha value is -0.890. The predicted molar refractivity (Wildman–Crippen MR) is 57.9 cm³/mol. The van der Waals surface area contributed by atoms with Gasteiger partial charge in [-0.1, -0.05) is 19.1 Å². The van der Waals surface area contributed by atoms with Gasteiger partial charge in [-0.2, -0.15) is 0 Å². The molecule has 0 fully saturated rings. The van der Waals surface area contributed by atoms with Crippen molar-refractivity contribution in [2.45, 2.75) is 32.7 Å². The van der Waals surface area contributed by atoms with E-state index in [-0.39, 0.29) is 5.82 Å². The summed E-state index contributed by atoms with van der Waals surface area (Å²) in [7, 11) is 0. The van der Waals surface area contributed by atoms with Crippen LogP contribution in [0.4, 0.5) is 4.39 Å². The second-order valence-corrected chi connectivity index (χ2v) is 3.69. The van der Waals surface area contributed by atoms with E-state index in [4.69, 9.17) is 0 Å². The molecule has 1 nitrogen and oxygen atoms in total. The monoisotopic (exact) mass is 195 g/mol. The molecule has 0 aliphatic carbocycles. The molecule has 0 amide bonds. The van der Waals surface area contributed by atoms with Gasteiger partial charge in [0.05, 0.1) is 0 Å². The molecule has 0 aliphatic rings. The lowest BCUT2D eigenvalue weighted by Crippen LogP contribution is -2.28. The lowest BCUT2D eigenvalue weighted by Gasteiger charge is -2.12. The van der Waals surface area contributed by atoms with E-state index >= 15 is 0 Å². The van der Waals surface area contributed by atoms with Gasteiger partial charge in [0.25, 0.3) is 0 Å². The fourth-order valence-electron chi connectivity index (χ4n) is 1.44. The van der Waals surface area contributed by atoms with Crippen LogP contribution in [0.3, 0.4) is 0 Å². The normalized spacial score (nSPS) is 12.8. The maximum atomic E-state index is 12.6. The topological polar surface area (TPSA) is 12.0 Å². The molecular weight excluding hydrogens is 177 g/mol. The van der Waals surface area contributed by atoms with Crippen molar-refractivity contribution in [3.63, 3.8) is 0 Å². The van der Waals surface area contributed by atoms with Gasteiger partial charge in [-0.3, -0.25) is 0 Å².